The standard InChI is InChI=1S/C18H26N2O3/c21-18(14-23-17-7-2-1-3-8-17)19-15-5-4-6-16(13-15)20-9-11-22-12-10-20/h4-6,13,17H,1-3,7-12,14H2,(H,19,21). The molecule has 0 spiro atoms. The van der Waals surface area contributed by atoms with E-state index in [0.717, 1.165) is 50.5 Å². The molecule has 1 saturated carbocycles. The van der Waals surface area contributed by atoms with Crippen LogP contribution in [0.25, 0.3) is 0 Å². The molecule has 0 radical (unpaired) electrons. The molecule has 3 rings (SSSR count). The van der Waals surface area contributed by atoms with Crippen LogP contribution in [0.4, 0.5) is 11.4 Å². The van der Waals surface area contributed by atoms with Gasteiger partial charge in [0.15, 0.2) is 0 Å². The molecule has 1 aromatic carbocycles. The predicted octanol–water partition coefficient (Wildman–Crippen LogP) is 2.81. The van der Waals surface area contributed by atoms with Crippen molar-refractivity contribution >= 4 is 17.3 Å². The highest BCUT2D eigenvalue weighted by atomic mass is 16.5. The minimum absolute atomic E-state index is 0.0744. The maximum absolute atomic E-state index is 12.1. The normalized spacial score (nSPS) is 19.6. The molecule has 1 amide bonds. The molecule has 1 aromatic rings. The van der Waals surface area contributed by atoms with E-state index in [0.29, 0.717) is 0 Å². The van der Waals surface area contributed by atoms with Crippen LogP contribution in [-0.2, 0) is 14.3 Å². The highest BCUT2D eigenvalue weighted by molar-refractivity contribution is 5.92. The molecule has 1 heterocycles. The van der Waals surface area contributed by atoms with E-state index >= 15 is 0 Å². The van der Waals surface area contributed by atoms with Gasteiger partial charge in [-0.15, -0.1) is 0 Å². The van der Waals surface area contributed by atoms with Crippen LogP contribution < -0.4 is 10.2 Å². The Bertz CT molecular complexity index is 509. The maximum atomic E-state index is 12.1. The summed E-state index contributed by atoms with van der Waals surface area (Å²) in [5.74, 6) is -0.0744. The molecule has 0 unspecified atom stereocenters. The molecular weight excluding hydrogens is 292 g/mol. The summed E-state index contributed by atoms with van der Waals surface area (Å²) in [6, 6.07) is 7.98. The highest BCUT2D eigenvalue weighted by Crippen LogP contribution is 2.22. The Balaban J connectivity index is 1.49. The topological polar surface area (TPSA) is 50.8 Å². The van der Waals surface area contributed by atoms with Gasteiger partial charge in [-0.3, -0.25) is 4.79 Å². The van der Waals surface area contributed by atoms with Gasteiger partial charge >= 0.3 is 0 Å². The number of anilines is 2. The fourth-order valence-electron chi connectivity index (χ4n) is 3.22. The van der Waals surface area contributed by atoms with E-state index < -0.39 is 0 Å². The molecule has 2 aliphatic rings. The van der Waals surface area contributed by atoms with Gasteiger partial charge in [0.25, 0.3) is 0 Å². The number of nitrogens with one attached hydrogen (secondary N) is 1. The van der Waals surface area contributed by atoms with Gasteiger partial charge in [0, 0.05) is 24.5 Å². The number of morpholine rings is 1. The Kier molecular flexibility index (Phi) is 5.88. The second-order valence-electron chi connectivity index (χ2n) is 6.27. The van der Waals surface area contributed by atoms with Crippen LogP contribution in [0.2, 0.25) is 0 Å². The molecule has 0 aromatic heterocycles. The fourth-order valence-corrected chi connectivity index (χ4v) is 3.22. The van der Waals surface area contributed by atoms with Crippen molar-refractivity contribution in [2.75, 3.05) is 43.1 Å². The number of hydrogen-bond acceptors (Lipinski definition) is 4. The van der Waals surface area contributed by atoms with Gasteiger partial charge in [-0.1, -0.05) is 25.3 Å². The van der Waals surface area contributed by atoms with E-state index in [9.17, 15) is 4.79 Å². The van der Waals surface area contributed by atoms with Crippen LogP contribution in [0.5, 0.6) is 0 Å². The lowest BCUT2D eigenvalue weighted by molar-refractivity contribution is -0.123. The summed E-state index contributed by atoms with van der Waals surface area (Å²) in [7, 11) is 0. The average molecular weight is 318 g/mol. The molecule has 1 saturated heterocycles. The second-order valence-corrected chi connectivity index (χ2v) is 6.27. The Hall–Kier alpha value is -1.59. The summed E-state index contributed by atoms with van der Waals surface area (Å²) in [5, 5.41) is 2.94. The highest BCUT2D eigenvalue weighted by Gasteiger charge is 2.16. The number of ether oxygens (including phenoxy) is 2. The minimum Gasteiger partial charge on any atom is -0.378 e. The van der Waals surface area contributed by atoms with E-state index in [1.807, 2.05) is 18.2 Å². The van der Waals surface area contributed by atoms with Gasteiger partial charge in [0.2, 0.25) is 5.91 Å². The van der Waals surface area contributed by atoms with Crippen LogP contribution in [0.1, 0.15) is 32.1 Å². The van der Waals surface area contributed by atoms with Crippen LogP contribution in [0.15, 0.2) is 24.3 Å². The monoisotopic (exact) mass is 318 g/mol. The third-order valence-corrected chi connectivity index (χ3v) is 4.51. The molecule has 1 N–H and O–H groups in total. The Labute approximate surface area is 137 Å². The van der Waals surface area contributed by atoms with Crippen molar-refractivity contribution in [3.63, 3.8) is 0 Å². The number of rotatable bonds is 5. The second kappa shape index (κ2) is 8.31. The van der Waals surface area contributed by atoms with Crippen molar-refractivity contribution in [2.24, 2.45) is 0 Å². The van der Waals surface area contributed by atoms with Gasteiger partial charge < -0.3 is 19.7 Å². The quantitative estimate of drug-likeness (QED) is 0.907. The minimum atomic E-state index is -0.0744. The maximum Gasteiger partial charge on any atom is 0.250 e. The van der Waals surface area contributed by atoms with E-state index in [1.165, 1.54) is 19.3 Å². The van der Waals surface area contributed by atoms with Gasteiger partial charge in [0.1, 0.15) is 6.61 Å². The number of amides is 1. The van der Waals surface area contributed by atoms with Gasteiger partial charge in [-0.05, 0) is 31.0 Å². The molecule has 23 heavy (non-hydrogen) atoms. The smallest absolute Gasteiger partial charge is 0.250 e. The zero-order valence-corrected chi connectivity index (χ0v) is 13.6. The first-order valence-corrected chi connectivity index (χ1v) is 8.65. The molecule has 126 valence electrons. The summed E-state index contributed by atoms with van der Waals surface area (Å²) in [6.45, 7) is 3.44. The molecule has 0 atom stereocenters. The van der Waals surface area contributed by atoms with Crippen LogP contribution in [0, 0.1) is 0 Å². The summed E-state index contributed by atoms with van der Waals surface area (Å²) >= 11 is 0. The largest absolute Gasteiger partial charge is 0.378 e. The molecular formula is C18H26N2O3. The van der Waals surface area contributed by atoms with Crippen LogP contribution in [0.3, 0.4) is 0 Å². The molecule has 1 aliphatic carbocycles. The molecule has 2 fully saturated rings. The van der Waals surface area contributed by atoms with E-state index in [2.05, 4.69) is 16.3 Å². The van der Waals surface area contributed by atoms with E-state index in [1.54, 1.807) is 0 Å². The Morgan fingerprint density at radius 3 is 2.78 bits per heavy atom. The van der Waals surface area contributed by atoms with Crippen LogP contribution >= 0.6 is 0 Å². The van der Waals surface area contributed by atoms with E-state index in [-0.39, 0.29) is 18.6 Å². The van der Waals surface area contributed by atoms with Crippen molar-refractivity contribution in [1.29, 1.82) is 0 Å². The summed E-state index contributed by atoms with van der Waals surface area (Å²) < 4.78 is 11.1. The number of hydrogen-bond donors (Lipinski definition) is 1. The first-order valence-electron chi connectivity index (χ1n) is 8.65. The number of nitrogens with zero attached hydrogens (tertiary/aromatic N) is 1. The first-order chi connectivity index (χ1) is 11.3. The first kappa shape index (κ1) is 16.3. The molecule has 5 nitrogen and oxygen atoms in total. The third-order valence-electron chi connectivity index (χ3n) is 4.51. The number of benzene rings is 1. The van der Waals surface area contributed by atoms with Gasteiger partial charge in [-0.25, -0.2) is 0 Å². The Morgan fingerprint density at radius 1 is 1.22 bits per heavy atom. The van der Waals surface area contributed by atoms with Crippen LogP contribution in [-0.4, -0.2) is 44.9 Å². The summed E-state index contributed by atoms with van der Waals surface area (Å²) in [6.07, 6.45) is 6.15. The summed E-state index contributed by atoms with van der Waals surface area (Å²) in [4.78, 5) is 14.3. The lowest BCUT2D eigenvalue weighted by Gasteiger charge is -2.29. The van der Waals surface area contributed by atoms with Crippen molar-refractivity contribution in [1.82, 2.24) is 0 Å². The fraction of sp³-hybridized carbons (Fsp3) is 0.611. The zero-order valence-electron chi connectivity index (χ0n) is 13.6. The average Bonchev–Trinajstić information content (AvgIpc) is 2.62. The van der Waals surface area contributed by atoms with Crippen molar-refractivity contribution < 1.29 is 14.3 Å². The van der Waals surface area contributed by atoms with E-state index in [4.69, 9.17) is 9.47 Å². The van der Waals surface area contributed by atoms with Crippen molar-refractivity contribution in [2.45, 2.75) is 38.2 Å². The van der Waals surface area contributed by atoms with Crippen molar-refractivity contribution in [3.8, 4) is 0 Å². The molecule has 5 heteroatoms. The van der Waals surface area contributed by atoms with Gasteiger partial charge in [0.05, 0.1) is 19.3 Å². The zero-order chi connectivity index (χ0) is 15.9. The predicted molar refractivity (Wildman–Crippen MR) is 90.9 cm³/mol. The Morgan fingerprint density at radius 2 is 2.00 bits per heavy atom. The van der Waals surface area contributed by atoms with Crippen molar-refractivity contribution in [3.05, 3.63) is 24.3 Å². The summed E-state index contributed by atoms with van der Waals surface area (Å²) in [5.41, 5.74) is 1.95. The SMILES string of the molecule is O=C(COC1CCCCC1)Nc1cccc(N2CCOCC2)c1. The lowest BCUT2D eigenvalue weighted by atomic mass is 9.98. The number of carbonyl (C=O) groups excluding carboxylic acids is 1. The lowest BCUT2D eigenvalue weighted by Crippen LogP contribution is -2.36. The molecule has 0 bridgehead atoms. The molecule has 1 aliphatic heterocycles. The third kappa shape index (κ3) is 4.94. The number of carbonyl (C=O) groups is 1. The van der Waals surface area contributed by atoms with Gasteiger partial charge in [-0.2, -0.15) is 0 Å².